The number of aromatic nitrogens is 1. The van der Waals surface area contributed by atoms with Gasteiger partial charge in [-0.05, 0) is 57.2 Å². The SMILES string of the molecule is COC(=O)c1ccc2ccn(C3CCN(C(=O)OC(C)(C)C)CC3)c2c1. The average molecular weight is 358 g/mol. The van der Waals surface area contributed by atoms with E-state index in [1.54, 1.807) is 11.0 Å². The zero-order valence-electron chi connectivity index (χ0n) is 15.8. The number of ether oxygens (including phenoxy) is 2. The van der Waals surface area contributed by atoms with Crippen LogP contribution in [0.1, 0.15) is 50.0 Å². The van der Waals surface area contributed by atoms with Crippen molar-refractivity contribution in [3.63, 3.8) is 0 Å². The highest BCUT2D eigenvalue weighted by atomic mass is 16.6. The standard InChI is InChI=1S/C20H26N2O4/c1-20(2,3)26-19(24)21-10-8-16(9-11-21)22-12-7-14-5-6-15(13-17(14)22)18(23)25-4/h5-7,12-13,16H,8-11H2,1-4H3. The summed E-state index contributed by atoms with van der Waals surface area (Å²) in [5.41, 5.74) is 1.09. The Balaban J connectivity index is 1.73. The van der Waals surface area contributed by atoms with E-state index < -0.39 is 5.60 Å². The Morgan fingerprint density at radius 2 is 1.81 bits per heavy atom. The molecule has 3 rings (SSSR count). The van der Waals surface area contributed by atoms with E-state index in [4.69, 9.17) is 9.47 Å². The highest BCUT2D eigenvalue weighted by Crippen LogP contribution is 2.29. The summed E-state index contributed by atoms with van der Waals surface area (Å²) in [5.74, 6) is -0.334. The van der Waals surface area contributed by atoms with Gasteiger partial charge in [-0.1, -0.05) is 6.07 Å². The molecule has 1 aliphatic rings. The molecule has 0 bridgehead atoms. The molecule has 0 spiro atoms. The molecule has 1 saturated heterocycles. The lowest BCUT2D eigenvalue weighted by Crippen LogP contribution is -2.42. The molecule has 1 fully saturated rings. The zero-order chi connectivity index (χ0) is 18.9. The van der Waals surface area contributed by atoms with Crippen LogP contribution in [-0.4, -0.2) is 47.3 Å². The van der Waals surface area contributed by atoms with Crippen molar-refractivity contribution in [2.24, 2.45) is 0 Å². The van der Waals surface area contributed by atoms with Crippen molar-refractivity contribution in [1.29, 1.82) is 0 Å². The number of hydrogen-bond donors (Lipinski definition) is 0. The summed E-state index contributed by atoms with van der Waals surface area (Å²) in [4.78, 5) is 25.8. The van der Waals surface area contributed by atoms with E-state index in [9.17, 15) is 9.59 Å². The van der Waals surface area contributed by atoms with Crippen LogP contribution in [0.5, 0.6) is 0 Å². The Morgan fingerprint density at radius 3 is 2.42 bits per heavy atom. The molecule has 0 radical (unpaired) electrons. The summed E-state index contributed by atoms with van der Waals surface area (Å²) >= 11 is 0. The average Bonchev–Trinajstić information content (AvgIpc) is 3.02. The second-order valence-electron chi connectivity index (χ2n) is 7.69. The molecule has 6 nitrogen and oxygen atoms in total. The molecule has 1 aromatic heterocycles. The largest absolute Gasteiger partial charge is 0.465 e. The minimum atomic E-state index is -0.477. The van der Waals surface area contributed by atoms with Crippen LogP contribution in [0.4, 0.5) is 4.79 Å². The molecule has 140 valence electrons. The Kier molecular flexibility index (Phi) is 4.94. The van der Waals surface area contributed by atoms with Gasteiger partial charge in [-0.15, -0.1) is 0 Å². The number of rotatable bonds is 2. The van der Waals surface area contributed by atoms with Crippen LogP contribution in [0, 0.1) is 0 Å². The first-order valence-electron chi connectivity index (χ1n) is 8.95. The zero-order valence-corrected chi connectivity index (χ0v) is 15.8. The quantitative estimate of drug-likeness (QED) is 0.761. The second-order valence-corrected chi connectivity index (χ2v) is 7.69. The highest BCUT2D eigenvalue weighted by Gasteiger charge is 2.28. The minimum absolute atomic E-state index is 0.249. The lowest BCUT2D eigenvalue weighted by atomic mass is 10.0. The number of piperidine rings is 1. The second kappa shape index (κ2) is 7.02. The summed E-state index contributed by atoms with van der Waals surface area (Å²) in [6, 6.07) is 7.94. The van der Waals surface area contributed by atoms with Gasteiger partial charge in [-0.3, -0.25) is 0 Å². The fourth-order valence-electron chi connectivity index (χ4n) is 3.37. The molecule has 0 aliphatic carbocycles. The lowest BCUT2D eigenvalue weighted by Gasteiger charge is -2.34. The predicted octanol–water partition coefficient (Wildman–Crippen LogP) is 4.00. The number of esters is 1. The third-order valence-corrected chi connectivity index (χ3v) is 4.65. The molecule has 1 amide bonds. The first kappa shape index (κ1) is 18.3. The van der Waals surface area contributed by atoms with Crippen LogP contribution in [0.3, 0.4) is 0 Å². The number of nitrogens with zero attached hydrogens (tertiary/aromatic N) is 2. The maximum atomic E-state index is 12.2. The van der Waals surface area contributed by atoms with Gasteiger partial charge in [0, 0.05) is 30.8 Å². The van der Waals surface area contributed by atoms with Crippen molar-refractivity contribution in [2.75, 3.05) is 20.2 Å². The number of carbonyl (C=O) groups excluding carboxylic acids is 2. The van der Waals surface area contributed by atoms with Crippen LogP contribution >= 0.6 is 0 Å². The van der Waals surface area contributed by atoms with E-state index in [-0.39, 0.29) is 12.1 Å². The van der Waals surface area contributed by atoms with Crippen LogP contribution in [0.2, 0.25) is 0 Å². The Hall–Kier alpha value is -2.50. The molecule has 2 heterocycles. The number of likely N-dealkylation sites (tertiary alicyclic amines) is 1. The number of amides is 1. The molecule has 1 aromatic carbocycles. The predicted molar refractivity (Wildman–Crippen MR) is 99.4 cm³/mol. The van der Waals surface area contributed by atoms with Crippen molar-refractivity contribution in [1.82, 2.24) is 9.47 Å². The molecule has 0 unspecified atom stereocenters. The molecule has 2 aromatic rings. The number of carbonyl (C=O) groups is 2. The Labute approximate surface area is 153 Å². The first-order chi connectivity index (χ1) is 12.3. The smallest absolute Gasteiger partial charge is 0.410 e. The lowest BCUT2D eigenvalue weighted by molar-refractivity contribution is 0.0189. The van der Waals surface area contributed by atoms with E-state index >= 15 is 0 Å². The molecule has 0 atom stereocenters. The summed E-state index contributed by atoms with van der Waals surface area (Å²) < 4.78 is 12.5. The van der Waals surface area contributed by atoms with E-state index in [0.717, 1.165) is 23.7 Å². The van der Waals surface area contributed by atoms with Gasteiger partial charge in [0.25, 0.3) is 0 Å². The maximum absolute atomic E-state index is 12.2. The molecule has 1 aliphatic heterocycles. The van der Waals surface area contributed by atoms with Crippen LogP contribution in [0.15, 0.2) is 30.5 Å². The summed E-state index contributed by atoms with van der Waals surface area (Å²) in [6.45, 7) is 6.96. The molecule has 6 heteroatoms. The van der Waals surface area contributed by atoms with Crippen molar-refractivity contribution >= 4 is 23.0 Å². The van der Waals surface area contributed by atoms with Gasteiger partial charge in [-0.25, -0.2) is 9.59 Å². The van der Waals surface area contributed by atoms with Crippen LogP contribution in [-0.2, 0) is 9.47 Å². The fraction of sp³-hybridized carbons (Fsp3) is 0.500. The molecular weight excluding hydrogens is 332 g/mol. The highest BCUT2D eigenvalue weighted by molar-refractivity contribution is 5.94. The maximum Gasteiger partial charge on any atom is 0.410 e. The monoisotopic (exact) mass is 358 g/mol. The number of fused-ring (bicyclic) bond motifs is 1. The molecule has 26 heavy (non-hydrogen) atoms. The van der Waals surface area contributed by atoms with Gasteiger partial charge in [0.1, 0.15) is 5.60 Å². The minimum Gasteiger partial charge on any atom is -0.465 e. The van der Waals surface area contributed by atoms with Crippen LogP contribution < -0.4 is 0 Å². The number of hydrogen-bond acceptors (Lipinski definition) is 4. The third kappa shape index (κ3) is 3.84. The van der Waals surface area contributed by atoms with E-state index in [0.29, 0.717) is 24.7 Å². The van der Waals surface area contributed by atoms with E-state index in [1.807, 2.05) is 32.9 Å². The summed E-state index contributed by atoms with van der Waals surface area (Å²) in [5, 5.41) is 1.09. The van der Waals surface area contributed by atoms with Gasteiger partial charge in [0.2, 0.25) is 0 Å². The Bertz CT molecular complexity index is 811. The molecule has 0 N–H and O–H groups in total. The van der Waals surface area contributed by atoms with Crippen molar-refractivity contribution in [3.8, 4) is 0 Å². The third-order valence-electron chi connectivity index (χ3n) is 4.65. The van der Waals surface area contributed by atoms with Gasteiger partial charge in [-0.2, -0.15) is 0 Å². The molecular formula is C20H26N2O4. The summed E-state index contributed by atoms with van der Waals surface area (Å²) in [6.07, 6.45) is 3.51. The topological polar surface area (TPSA) is 60.8 Å². The first-order valence-corrected chi connectivity index (χ1v) is 8.95. The van der Waals surface area contributed by atoms with Crippen molar-refractivity contribution in [2.45, 2.75) is 45.3 Å². The van der Waals surface area contributed by atoms with Gasteiger partial charge in [0.05, 0.1) is 12.7 Å². The summed E-state index contributed by atoms with van der Waals surface area (Å²) in [7, 11) is 1.39. The van der Waals surface area contributed by atoms with Gasteiger partial charge >= 0.3 is 12.1 Å². The fourth-order valence-corrected chi connectivity index (χ4v) is 3.37. The van der Waals surface area contributed by atoms with E-state index in [1.165, 1.54) is 7.11 Å². The van der Waals surface area contributed by atoms with Crippen molar-refractivity contribution in [3.05, 3.63) is 36.0 Å². The number of benzene rings is 1. The van der Waals surface area contributed by atoms with Gasteiger partial charge in [0.15, 0.2) is 0 Å². The van der Waals surface area contributed by atoms with Crippen LogP contribution in [0.25, 0.3) is 10.9 Å². The normalized spacial score (nSPS) is 15.9. The molecule has 0 saturated carbocycles. The van der Waals surface area contributed by atoms with E-state index in [2.05, 4.69) is 16.8 Å². The Morgan fingerprint density at radius 1 is 1.12 bits per heavy atom. The number of methoxy groups -OCH3 is 1. The van der Waals surface area contributed by atoms with Gasteiger partial charge < -0.3 is 18.9 Å². The van der Waals surface area contributed by atoms with Crippen molar-refractivity contribution < 1.29 is 19.1 Å².